The fourth-order valence-corrected chi connectivity index (χ4v) is 2.66. The Morgan fingerprint density at radius 1 is 0.739 bits per heavy atom. The van der Waals surface area contributed by atoms with E-state index >= 15 is 0 Å². The quantitative estimate of drug-likeness (QED) is 0.543. The number of rotatable bonds is 4. The number of allylic oxidation sites excluding steroid dienone is 1. The van der Waals surface area contributed by atoms with Crippen LogP contribution in [-0.4, -0.2) is 0 Å². The molecule has 0 amide bonds. The lowest BCUT2D eigenvalue weighted by molar-refractivity contribution is 0.751. The smallest absolute Gasteiger partial charge is 0.127 e. The predicted octanol–water partition coefficient (Wildman–Crippen LogP) is 6.14. The summed E-state index contributed by atoms with van der Waals surface area (Å²) in [6.45, 7) is 2.00. The molecule has 0 saturated carbocycles. The van der Waals surface area contributed by atoms with E-state index in [0.29, 0.717) is 5.56 Å². The highest BCUT2D eigenvalue weighted by Crippen LogP contribution is 2.30. The van der Waals surface area contributed by atoms with E-state index in [4.69, 9.17) is 0 Å². The Morgan fingerprint density at radius 2 is 1.22 bits per heavy atom. The Morgan fingerprint density at radius 3 is 1.70 bits per heavy atom. The van der Waals surface area contributed by atoms with Gasteiger partial charge in [-0.1, -0.05) is 90.5 Å². The van der Waals surface area contributed by atoms with Crippen LogP contribution in [-0.2, 0) is 0 Å². The highest BCUT2D eigenvalue weighted by Gasteiger charge is 2.13. The summed E-state index contributed by atoms with van der Waals surface area (Å²) in [7, 11) is 0. The number of hydrogen-bond donors (Lipinski definition) is 0. The molecule has 0 aliphatic rings. The molecular weight excluding hydrogens is 283 g/mol. The molecule has 0 aliphatic carbocycles. The Hall–Kier alpha value is -2.67. The number of benzene rings is 3. The van der Waals surface area contributed by atoms with Crippen molar-refractivity contribution >= 4 is 5.83 Å². The van der Waals surface area contributed by atoms with Crippen LogP contribution in [0.4, 0.5) is 4.39 Å². The maximum absolute atomic E-state index is 14.7. The van der Waals surface area contributed by atoms with Crippen molar-refractivity contribution in [2.24, 2.45) is 0 Å². The van der Waals surface area contributed by atoms with E-state index in [1.54, 1.807) is 6.08 Å². The van der Waals surface area contributed by atoms with Gasteiger partial charge in [-0.25, -0.2) is 4.39 Å². The summed E-state index contributed by atoms with van der Waals surface area (Å²) in [4.78, 5) is 0. The molecule has 1 heteroatoms. The molecule has 114 valence electrons. The fraction of sp³-hybridized carbons (Fsp3) is 0.0909. The molecule has 3 aromatic carbocycles. The normalized spacial score (nSPS) is 11.7. The zero-order valence-electron chi connectivity index (χ0n) is 13.1. The van der Waals surface area contributed by atoms with Crippen LogP contribution >= 0.6 is 0 Å². The zero-order valence-corrected chi connectivity index (χ0v) is 13.1. The zero-order chi connectivity index (χ0) is 16.1. The molecule has 23 heavy (non-hydrogen) atoms. The molecule has 0 nitrogen and oxygen atoms in total. The van der Waals surface area contributed by atoms with Crippen LogP contribution in [0.3, 0.4) is 0 Å². The van der Waals surface area contributed by atoms with E-state index in [1.165, 1.54) is 0 Å². The van der Waals surface area contributed by atoms with Crippen molar-refractivity contribution in [1.29, 1.82) is 0 Å². The molecule has 0 unspecified atom stereocenters. The SMILES string of the molecule is Cc1ccc(/C(F)=C\C(c2ccccc2)c2ccccc2)cc1. The Balaban J connectivity index is 2.02. The summed E-state index contributed by atoms with van der Waals surface area (Å²) in [6.07, 6.45) is 1.70. The van der Waals surface area contributed by atoms with Crippen molar-refractivity contribution in [2.75, 3.05) is 0 Å². The van der Waals surface area contributed by atoms with Crippen LogP contribution in [0.2, 0.25) is 0 Å². The third kappa shape index (κ3) is 3.75. The molecule has 0 aliphatic heterocycles. The van der Waals surface area contributed by atoms with Gasteiger partial charge < -0.3 is 0 Å². The van der Waals surface area contributed by atoms with Gasteiger partial charge in [0, 0.05) is 11.5 Å². The van der Waals surface area contributed by atoms with Crippen molar-refractivity contribution in [3.63, 3.8) is 0 Å². The van der Waals surface area contributed by atoms with E-state index in [9.17, 15) is 4.39 Å². The molecule has 0 bridgehead atoms. The number of halogens is 1. The molecule has 0 aromatic heterocycles. The van der Waals surface area contributed by atoms with Crippen LogP contribution in [0.25, 0.3) is 5.83 Å². The Kier molecular flexibility index (Phi) is 4.68. The van der Waals surface area contributed by atoms with Crippen LogP contribution in [0.5, 0.6) is 0 Å². The molecule has 0 spiro atoms. The lowest BCUT2D eigenvalue weighted by Gasteiger charge is -2.14. The van der Waals surface area contributed by atoms with Crippen LogP contribution < -0.4 is 0 Å². The van der Waals surface area contributed by atoms with Crippen LogP contribution in [0, 0.1) is 6.92 Å². The fourth-order valence-electron chi connectivity index (χ4n) is 2.66. The highest BCUT2D eigenvalue weighted by molar-refractivity contribution is 5.61. The van der Waals surface area contributed by atoms with Gasteiger partial charge in [-0.3, -0.25) is 0 Å². The molecule has 0 N–H and O–H groups in total. The molecule has 0 fully saturated rings. The third-order valence-electron chi connectivity index (χ3n) is 3.96. The number of hydrogen-bond acceptors (Lipinski definition) is 0. The second-order valence-corrected chi connectivity index (χ2v) is 5.68. The molecular formula is C22H19F. The summed E-state index contributed by atoms with van der Waals surface area (Å²) in [5.41, 5.74) is 3.92. The van der Waals surface area contributed by atoms with Gasteiger partial charge in [0.1, 0.15) is 5.83 Å². The average molecular weight is 302 g/mol. The molecule has 0 saturated heterocycles. The van der Waals surface area contributed by atoms with Gasteiger partial charge in [-0.2, -0.15) is 0 Å². The summed E-state index contributed by atoms with van der Waals surface area (Å²) in [5, 5.41) is 0. The largest absolute Gasteiger partial charge is 0.207 e. The van der Waals surface area contributed by atoms with Gasteiger partial charge in [0.05, 0.1) is 0 Å². The molecule has 3 rings (SSSR count). The van der Waals surface area contributed by atoms with Crippen LogP contribution in [0.1, 0.15) is 28.2 Å². The monoisotopic (exact) mass is 302 g/mol. The van der Waals surface area contributed by atoms with E-state index in [2.05, 4.69) is 0 Å². The molecule has 3 aromatic rings. The van der Waals surface area contributed by atoms with Gasteiger partial charge in [-0.15, -0.1) is 0 Å². The van der Waals surface area contributed by atoms with Crippen molar-refractivity contribution in [2.45, 2.75) is 12.8 Å². The first-order valence-corrected chi connectivity index (χ1v) is 7.78. The minimum atomic E-state index is -0.192. The van der Waals surface area contributed by atoms with Gasteiger partial charge in [0.15, 0.2) is 0 Å². The van der Waals surface area contributed by atoms with E-state index < -0.39 is 0 Å². The molecule has 0 radical (unpaired) electrons. The Labute approximate surface area is 136 Å². The average Bonchev–Trinajstić information content (AvgIpc) is 2.61. The lowest BCUT2D eigenvalue weighted by Crippen LogP contribution is -1.98. The van der Waals surface area contributed by atoms with Crippen molar-refractivity contribution in [3.8, 4) is 0 Å². The van der Waals surface area contributed by atoms with Crippen LogP contribution in [0.15, 0.2) is 91.0 Å². The second-order valence-electron chi connectivity index (χ2n) is 5.68. The summed E-state index contributed by atoms with van der Waals surface area (Å²) >= 11 is 0. The van der Waals surface area contributed by atoms with Crippen molar-refractivity contribution in [1.82, 2.24) is 0 Å². The van der Waals surface area contributed by atoms with Crippen molar-refractivity contribution < 1.29 is 4.39 Å². The maximum Gasteiger partial charge on any atom is 0.127 e. The van der Waals surface area contributed by atoms with Crippen molar-refractivity contribution in [3.05, 3.63) is 113 Å². The van der Waals surface area contributed by atoms with Gasteiger partial charge in [-0.05, 0) is 24.1 Å². The minimum Gasteiger partial charge on any atom is -0.207 e. The minimum absolute atomic E-state index is 0.0984. The first-order valence-electron chi connectivity index (χ1n) is 7.78. The van der Waals surface area contributed by atoms with Gasteiger partial charge >= 0.3 is 0 Å². The lowest BCUT2D eigenvalue weighted by atomic mass is 9.90. The first-order chi connectivity index (χ1) is 11.2. The summed E-state index contributed by atoms with van der Waals surface area (Å²) in [6, 6.07) is 27.6. The molecule has 0 atom stereocenters. The maximum atomic E-state index is 14.7. The Bertz CT molecular complexity index is 732. The standard InChI is InChI=1S/C22H19F/c1-17-12-14-20(15-13-17)22(23)16-21(18-8-4-2-5-9-18)19-10-6-3-7-11-19/h2-16,21H,1H3/b22-16+. The van der Waals surface area contributed by atoms with Gasteiger partial charge in [0.25, 0.3) is 0 Å². The van der Waals surface area contributed by atoms with E-state index in [-0.39, 0.29) is 11.7 Å². The highest BCUT2D eigenvalue weighted by atomic mass is 19.1. The summed E-state index contributed by atoms with van der Waals surface area (Å²) in [5.74, 6) is -0.290. The number of aryl methyl sites for hydroxylation is 1. The topological polar surface area (TPSA) is 0 Å². The summed E-state index contributed by atoms with van der Waals surface area (Å²) < 4.78 is 14.7. The third-order valence-corrected chi connectivity index (χ3v) is 3.96. The second kappa shape index (κ2) is 7.06. The first kappa shape index (κ1) is 15.2. The van der Waals surface area contributed by atoms with E-state index in [1.807, 2.05) is 91.9 Å². The van der Waals surface area contributed by atoms with Gasteiger partial charge in [0.2, 0.25) is 0 Å². The molecule has 0 heterocycles. The predicted molar refractivity (Wildman–Crippen MR) is 95.0 cm³/mol. The van der Waals surface area contributed by atoms with E-state index in [0.717, 1.165) is 16.7 Å².